The minimum atomic E-state index is -4.75. The Morgan fingerprint density at radius 2 is 1.97 bits per heavy atom. The summed E-state index contributed by atoms with van der Waals surface area (Å²) in [6, 6.07) is 4.98. The predicted molar refractivity (Wildman–Crippen MR) is 121 cm³/mol. The van der Waals surface area contributed by atoms with Gasteiger partial charge < -0.3 is 4.90 Å². The van der Waals surface area contributed by atoms with Crippen LogP contribution in [0.3, 0.4) is 0 Å². The van der Waals surface area contributed by atoms with Gasteiger partial charge in [-0.05, 0) is 68.2 Å². The number of fused-ring (bicyclic) bond motifs is 3. The van der Waals surface area contributed by atoms with Crippen LogP contribution in [0.5, 0.6) is 0 Å². The molecule has 1 heterocycles. The first kappa shape index (κ1) is 25.2. The van der Waals surface area contributed by atoms with Gasteiger partial charge in [0.25, 0.3) is 0 Å². The number of hydrogen-bond donors (Lipinski definition) is 0. The van der Waals surface area contributed by atoms with Crippen LogP contribution in [0, 0.1) is 40.3 Å². The maximum absolute atomic E-state index is 14.5. The monoisotopic (exact) mass is 488 g/mol. The van der Waals surface area contributed by atoms with E-state index in [0.29, 0.717) is 32.1 Å². The number of alkyl halides is 3. The quantitative estimate of drug-likeness (QED) is 0.465. The molecule has 0 N–H and O–H groups in total. The molecule has 1 aromatic carbocycles. The van der Waals surface area contributed by atoms with Crippen molar-refractivity contribution in [2.75, 3.05) is 0 Å². The van der Waals surface area contributed by atoms with Gasteiger partial charge in [-0.15, -0.1) is 0 Å². The van der Waals surface area contributed by atoms with E-state index in [-0.39, 0.29) is 30.0 Å². The van der Waals surface area contributed by atoms with Crippen LogP contribution in [0.25, 0.3) is 0 Å². The molecule has 35 heavy (non-hydrogen) atoms. The van der Waals surface area contributed by atoms with Crippen molar-refractivity contribution in [2.45, 2.75) is 65.1 Å². The van der Waals surface area contributed by atoms with Crippen LogP contribution >= 0.6 is 0 Å². The van der Waals surface area contributed by atoms with E-state index in [1.165, 1.54) is 4.90 Å². The Labute approximate surface area is 202 Å². The van der Waals surface area contributed by atoms with Gasteiger partial charge in [-0.25, -0.2) is 4.39 Å². The van der Waals surface area contributed by atoms with Crippen molar-refractivity contribution in [2.24, 2.45) is 23.2 Å². The summed E-state index contributed by atoms with van der Waals surface area (Å²) in [5, 5.41) is 9.09. The molecule has 186 valence electrons. The maximum Gasteiger partial charge on any atom is 0.416 e. The van der Waals surface area contributed by atoms with Crippen LogP contribution in [0.1, 0.15) is 63.5 Å². The molecule has 1 saturated carbocycles. The molecule has 1 aromatic rings. The number of allylic oxidation sites excluding steroid dienone is 3. The fourth-order valence-corrected chi connectivity index (χ4v) is 6.41. The molecule has 4 rings (SSSR count). The summed E-state index contributed by atoms with van der Waals surface area (Å²) in [4.78, 5) is 27.5. The summed E-state index contributed by atoms with van der Waals surface area (Å²) in [5.41, 5.74) is -0.466. The molecular weight excluding hydrogens is 460 g/mol. The molecule has 0 bridgehead atoms. The van der Waals surface area contributed by atoms with Gasteiger partial charge in [-0.3, -0.25) is 9.59 Å². The third-order valence-electron chi connectivity index (χ3n) is 8.18. The highest BCUT2D eigenvalue weighted by Gasteiger charge is 2.53. The summed E-state index contributed by atoms with van der Waals surface area (Å²) in [6.45, 7) is 3.37. The Morgan fingerprint density at radius 3 is 2.66 bits per heavy atom. The molecule has 3 aliphatic rings. The number of nitriles is 1. The largest absolute Gasteiger partial charge is 0.416 e. The van der Waals surface area contributed by atoms with E-state index in [4.69, 9.17) is 5.26 Å². The van der Waals surface area contributed by atoms with Gasteiger partial charge in [0.2, 0.25) is 5.91 Å². The number of amides is 1. The van der Waals surface area contributed by atoms with Crippen LogP contribution in [0.2, 0.25) is 0 Å². The molecular formula is C27H28F4N2O2. The fraction of sp³-hybridized carbons (Fsp3) is 0.519. The molecule has 0 spiro atoms. The zero-order valence-corrected chi connectivity index (χ0v) is 19.8. The number of ketones is 1. The maximum atomic E-state index is 14.5. The van der Waals surface area contributed by atoms with E-state index in [2.05, 4.69) is 6.07 Å². The second-order valence-electron chi connectivity index (χ2n) is 10.1. The number of hydrogen-bond acceptors (Lipinski definition) is 3. The van der Waals surface area contributed by atoms with Crippen molar-refractivity contribution in [3.05, 3.63) is 58.6 Å². The number of benzene rings is 1. The van der Waals surface area contributed by atoms with E-state index >= 15 is 0 Å². The van der Waals surface area contributed by atoms with Crippen LogP contribution in [-0.4, -0.2) is 16.6 Å². The van der Waals surface area contributed by atoms with E-state index in [1.54, 1.807) is 12.3 Å². The molecule has 1 fully saturated rings. The first-order valence-electron chi connectivity index (χ1n) is 11.9. The molecule has 0 radical (unpaired) electrons. The van der Waals surface area contributed by atoms with Crippen LogP contribution in [-0.2, 0) is 22.3 Å². The second kappa shape index (κ2) is 9.25. The Balaban J connectivity index is 1.71. The molecule has 0 aromatic heterocycles. The van der Waals surface area contributed by atoms with E-state index in [0.717, 1.165) is 29.3 Å². The topological polar surface area (TPSA) is 61.2 Å². The van der Waals surface area contributed by atoms with Gasteiger partial charge in [0, 0.05) is 35.9 Å². The smallest absolute Gasteiger partial charge is 0.315 e. The highest BCUT2D eigenvalue weighted by molar-refractivity contribution is 5.95. The molecule has 1 aliphatic heterocycles. The lowest BCUT2D eigenvalue weighted by molar-refractivity contribution is -0.139. The number of nitrogens with zero attached hydrogens (tertiary/aromatic N) is 2. The highest BCUT2D eigenvalue weighted by atomic mass is 19.4. The molecule has 4 nitrogen and oxygen atoms in total. The average Bonchev–Trinajstić information content (AvgIpc) is 2.90. The number of carbonyl (C=O) groups is 2. The Bertz CT molecular complexity index is 1150. The standard InChI is InChI=1S/C27H28F4N2O2/c1-16-13-23(34)25-19(18(16)5-4-12-32)9-8-17-14-33(24(35)10-11-26(17,25)2)15-20-21(27(29,30)31)6-3-7-22(20)28/h3,6-7,13-14,18-19,25H,4-5,8-11,15H2,1-2H3/t18-,19?,25?,26+/m1/s1. The van der Waals surface area contributed by atoms with Gasteiger partial charge in [-0.1, -0.05) is 18.6 Å². The zero-order valence-electron chi connectivity index (χ0n) is 19.8. The summed E-state index contributed by atoms with van der Waals surface area (Å²) < 4.78 is 55.1. The van der Waals surface area contributed by atoms with Crippen LogP contribution in [0.15, 0.2) is 41.6 Å². The van der Waals surface area contributed by atoms with Crippen molar-refractivity contribution in [3.8, 4) is 6.07 Å². The third-order valence-corrected chi connectivity index (χ3v) is 8.18. The lowest BCUT2D eigenvalue weighted by Gasteiger charge is -2.51. The zero-order chi connectivity index (χ0) is 25.5. The van der Waals surface area contributed by atoms with Crippen molar-refractivity contribution >= 4 is 11.7 Å². The lowest BCUT2D eigenvalue weighted by atomic mass is 9.52. The number of halogens is 4. The van der Waals surface area contributed by atoms with Crippen molar-refractivity contribution in [1.82, 2.24) is 4.90 Å². The summed E-state index contributed by atoms with van der Waals surface area (Å²) in [5.74, 6) is -1.60. The minimum absolute atomic E-state index is 0.00293. The summed E-state index contributed by atoms with van der Waals surface area (Å²) >= 11 is 0. The molecule has 1 amide bonds. The number of carbonyl (C=O) groups excluding carboxylic acids is 2. The van der Waals surface area contributed by atoms with Crippen LogP contribution in [0.4, 0.5) is 17.6 Å². The van der Waals surface area contributed by atoms with Crippen molar-refractivity contribution in [3.63, 3.8) is 0 Å². The van der Waals surface area contributed by atoms with Gasteiger partial charge in [0.15, 0.2) is 5.78 Å². The first-order chi connectivity index (χ1) is 16.5. The fourth-order valence-electron chi connectivity index (χ4n) is 6.41. The Kier molecular flexibility index (Phi) is 6.65. The van der Waals surface area contributed by atoms with Crippen molar-refractivity contribution in [1.29, 1.82) is 5.26 Å². The summed E-state index contributed by atoms with van der Waals surface area (Å²) in [6.07, 6.45) is 1.27. The van der Waals surface area contributed by atoms with E-state index in [9.17, 15) is 27.2 Å². The van der Waals surface area contributed by atoms with Crippen molar-refractivity contribution < 1.29 is 27.2 Å². The highest BCUT2D eigenvalue weighted by Crippen LogP contribution is 2.57. The molecule has 2 aliphatic carbocycles. The Morgan fingerprint density at radius 1 is 1.23 bits per heavy atom. The SMILES string of the molecule is CC1=CC(=O)C2C(CCC3=CN(Cc4c(F)cccc4C(F)(F)F)C(=O)CC[C@@]32C)[C@@H]1CCC#N. The summed E-state index contributed by atoms with van der Waals surface area (Å²) in [7, 11) is 0. The van der Waals surface area contributed by atoms with E-state index < -0.39 is 41.0 Å². The second-order valence-corrected chi connectivity index (χ2v) is 10.1. The van der Waals surface area contributed by atoms with E-state index in [1.807, 2.05) is 13.8 Å². The van der Waals surface area contributed by atoms with Gasteiger partial charge in [0.05, 0.1) is 18.2 Å². The van der Waals surface area contributed by atoms with Gasteiger partial charge in [0.1, 0.15) is 5.82 Å². The van der Waals surface area contributed by atoms with Gasteiger partial charge >= 0.3 is 6.18 Å². The minimum Gasteiger partial charge on any atom is -0.315 e. The lowest BCUT2D eigenvalue weighted by Crippen LogP contribution is -2.48. The molecule has 8 heteroatoms. The van der Waals surface area contributed by atoms with Crippen LogP contribution < -0.4 is 0 Å². The average molecular weight is 489 g/mol. The molecule has 4 atom stereocenters. The Hall–Kier alpha value is -2.95. The molecule has 0 saturated heterocycles. The number of rotatable bonds is 4. The molecule has 2 unspecified atom stereocenters. The third kappa shape index (κ3) is 4.53. The van der Waals surface area contributed by atoms with Gasteiger partial charge in [-0.2, -0.15) is 18.4 Å². The predicted octanol–water partition coefficient (Wildman–Crippen LogP) is 6.33. The normalized spacial score (nSPS) is 28.9. The first-order valence-corrected chi connectivity index (χ1v) is 11.9.